The average molecular weight is 391 g/mol. The largest absolute Gasteiger partial charge is 0.316 e. The fraction of sp³-hybridized carbons (Fsp3) is 0.400. The molecule has 0 unspecified atom stereocenters. The van der Waals surface area contributed by atoms with Crippen LogP contribution in [0.3, 0.4) is 0 Å². The van der Waals surface area contributed by atoms with E-state index in [-0.39, 0.29) is 12.4 Å². The van der Waals surface area contributed by atoms with Gasteiger partial charge in [-0.1, -0.05) is 13.0 Å². The molecule has 0 aliphatic rings. The molecule has 7 heteroatoms. The summed E-state index contributed by atoms with van der Waals surface area (Å²) in [7, 11) is -3.36. The Hall–Kier alpha value is 0.110. The number of halogens is 2. The second-order valence-corrected chi connectivity index (χ2v) is 6.22. The lowest BCUT2D eigenvalue weighted by Gasteiger charge is -2.07. The molecule has 1 aromatic carbocycles. The molecular weight excluding hydrogens is 375 g/mol. The number of likely N-dealkylation sites (N-methyl/N-ethyl adjacent to an activating group) is 1. The van der Waals surface area contributed by atoms with E-state index in [9.17, 15) is 8.42 Å². The molecule has 17 heavy (non-hydrogen) atoms. The Labute approximate surface area is 122 Å². The molecule has 0 fully saturated rings. The molecule has 1 rings (SSSR count). The van der Waals surface area contributed by atoms with Crippen LogP contribution in [0.15, 0.2) is 29.2 Å². The van der Waals surface area contributed by atoms with Gasteiger partial charge in [-0.25, -0.2) is 13.1 Å². The number of hydrogen-bond donors (Lipinski definition) is 2. The lowest BCUT2D eigenvalue weighted by atomic mass is 10.4. The van der Waals surface area contributed by atoms with Crippen molar-refractivity contribution in [2.45, 2.75) is 11.8 Å². The normalized spacial score (nSPS) is 10.9. The van der Waals surface area contributed by atoms with Gasteiger partial charge in [0.1, 0.15) is 0 Å². The fourth-order valence-electron chi connectivity index (χ4n) is 1.17. The molecule has 1 aromatic rings. The molecule has 0 aromatic heterocycles. The standard InChI is InChI=1S/C10H15IN2O2S.ClH/c1-2-12-6-7-13-16(14,15)10-5-3-4-9(11)8-10;/h3-5,8,12-13H,2,6-7H2,1H3;1H. The number of sulfonamides is 1. The molecule has 0 atom stereocenters. The van der Waals surface area contributed by atoms with Crippen molar-refractivity contribution in [3.8, 4) is 0 Å². The van der Waals surface area contributed by atoms with Crippen LogP contribution in [0, 0.1) is 3.57 Å². The molecule has 0 radical (unpaired) electrons. The topological polar surface area (TPSA) is 58.2 Å². The summed E-state index contributed by atoms with van der Waals surface area (Å²) >= 11 is 2.09. The summed E-state index contributed by atoms with van der Waals surface area (Å²) in [5.41, 5.74) is 0. The first-order chi connectivity index (χ1) is 7.56. The zero-order valence-corrected chi connectivity index (χ0v) is 13.2. The van der Waals surface area contributed by atoms with Crippen LogP contribution in [0.2, 0.25) is 0 Å². The van der Waals surface area contributed by atoms with Gasteiger partial charge >= 0.3 is 0 Å². The minimum atomic E-state index is -3.36. The summed E-state index contributed by atoms with van der Waals surface area (Å²) in [6.45, 7) is 3.86. The highest BCUT2D eigenvalue weighted by atomic mass is 127. The van der Waals surface area contributed by atoms with Crippen molar-refractivity contribution in [3.63, 3.8) is 0 Å². The minimum absolute atomic E-state index is 0. The van der Waals surface area contributed by atoms with Gasteiger partial charge in [0.05, 0.1) is 4.90 Å². The molecule has 0 heterocycles. The van der Waals surface area contributed by atoms with Crippen molar-refractivity contribution in [2.24, 2.45) is 0 Å². The van der Waals surface area contributed by atoms with Gasteiger partial charge in [0, 0.05) is 16.7 Å². The minimum Gasteiger partial charge on any atom is -0.316 e. The maximum atomic E-state index is 11.8. The Balaban J connectivity index is 0.00000256. The fourth-order valence-corrected chi connectivity index (χ4v) is 3.00. The van der Waals surface area contributed by atoms with Crippen LogP contribution in [0.1, 0.15) is 6.92 Å². The predicted molar refractivity (Wildman–Crippen MR) is 80.1 cm³/mol. The van der Waals surface area contributed by atoms with E-state index in [2.05, 4.69) is 32.6 Å². The first-order valence-corrected chi connectivity index (χ1v) is 7.58. The Morgan fingerprint density at radius 3 is 2.59 bits per heavy atom. The average Bonchev–Trinajstić information content (AvgIpc) is 2.24. The van der Waals surface area contributed by atoms with Crippen molar-refractivity contribution in [3.05, 3.63) is 27.8 Å². The summed E-state index contributed by atoms with van der Waals surface area (Å²) in [4.78, 5) is 0.316. The van der Waals surface area contributed by atoms with Gasteiger partial charge in [0.2, 0.25) is 10.0 Å². The van der Waals surface area contributed by atoms with Gasteiger partial charge in [0.15, 0.2) is 0 Å². The van der Waals surface area contributed by atoms with Gasteiger partial charge in [0.25, 0.3) is 0 Å². The number of hydrogen-bond acceptors (Lipinski definition) is 3. The first kappa shape index (κ1) is 17.1. The zero-order valence-electron chi connectivity index (χ0n) is 9.44. The van der Waals surface area contributed by atoms with E-state index in [1.54, 1.807) is 18.2 Å². The zero-order chi connectivity index (χ0) is 12.0. The Morgan fingerprint density at radius 2 is 2.00 bits per heavy atom. The molecule has 0 saturated carbocycles. The van der Waals surface area contributed by atoms with Gasteiger partial charge in [-0.3, -0.25) is 0 Å². The van der Waals surface area contributed by atoms with Crippen LogP contribution in [-0.2, 0) is 10.0 Å². The van der Waals surface area contributed by atoms with Crippen LogP contribution in [0.5, 0.6) is 0 Å². The highest BCUT2D eigenvalue weighted by molar-refractivity contribution is 14.1. The quantitative estimate of drug-likeness (QED) is 0.573. The van der Waals surface area contributed by atoms with E-state index >= 15 is 0 Å². The van der Waals surface area contributed by atoms with Crippen LogP contribution in [-0.4, -0.2) is 28.1 Å². The molecule has 0 aliphatic heterocycles. The molecule has 98 valence electrons. The molecule has 0 bridgehead atoms. The van der Waals surface area contributed by atoms with E-state index in [0.717, 1.165) is 10.1 Å². The summed E-state index contributed by atoms with van der Waals surface area (Å²) in [6, 6.07) is 6.84. The highest BCUT2D eigenvalue weighted by Crippen LogP contribution is 2.12. The molecule has 0 aliphatic carbocycles. The van der Waals surface area contributed by atoms with E-state index in [0.29, 0.717) is 18.0 Å². The van der Waals surface area contributed by atoms with Crippen molar-refractivity contribution in [1.29, 1.82) is 0 Å². The monoisotopic (exact) mass is 390 g/mol. The van der Waals surface area contributed by atoms with E-state index in [4.69, 9.17) is 0 Å². The Kier molecular flexibility index (Phi) is 8.31. The van der Waals surface area contributed by atoms with E-state index < -0.39 is 10.0 Å². The van der Waals surface area contributed by atoms with Gasteiger partial charge in [-0.05, 0) is 47.3 Å². The SMILES string of the molecule is CCNCCNS(=O)(=O)c1cccc(I)c1.Cl. The second-order valence-electron chi connectivity index (χ2n) is 3.21. The van der Waals surface area contributed by atoms with E-state index in [1.165, 1.54) is 0 Å². The van der Waals surface area contributed by atoms with Crippen LogP contribution >= 0.6 is 35.0 Å². The van der Waals surface area contributed by atoms with Crippen molar-refractivity contribution >= 4 is 45.0 Å². The molecule has 0 saturated heterocycles. The molecule has 4 nitrogen and oxygen atoms in total. The third kappa shape index (κ3) is 6.01. The van der Waals surface area contributed by atoms with Crippen LogP contribution in [0.25, 0.3) is 0 Å². The predicted octanol–water partition coefficient (Wildman–Crippen LogP) is 1.60. The lowest BCUT2D eigenvalue weighted by Crippen LogP contribution is -2.31. The maximum Gasteiger partial charge on any atom is 0.240 e. The van der Waals surface area contributed by atoms with Gasteiger partial charge < -0.3 is 5.32 Å². The highest BCUT2D eigenvalue weighted by Gasteiger charge is 2.12. The lowest BCUT2D eigenvalue weighted by molar-refractivity contribution is 0.577. The molecule has 2 N–H and O–H groups in total. The molecule has 0 amide bonds. The summed E-state index contributed by atoms with van der Waals surface area (Å²) in [5.74, 6) is 0. The van der Waals surface area contributed by atoms with Crippen LogP contribution in [0.4, 0.5) is 0 Å². The third-order valence-corrected chi connectivity index (χ3v) is 4.08. The second kappa shape index (κ2) is 8.25. The van der Waals surface area contributed by atoms with Gasteiger partial charge in [-0.15, -0.1) is 12.4 Å². The summed E-state index contributed by atoms with van der Waals surface area (Å²) < 4.78 is 27.1. The van der Waals surface area contributed by atoms with Crippen molar-refractivity contribution in [1.82, 2.24) is 10.0 Å². The van der Waals surface area contributed by atoms with Gasteiger partial charge in [-0.2, -0.15) is 0 Å². The third-order valence-electron chi connectivity index (χ3n) is 1.95. The Bertz CT molecular complexity index is 440. The van der Waals surface area contributed by atoms with Crippen molar-refractivity contribution < 1.29 is 8.42 Å². The first-order valence-electron chi connectivity index (χ1n) is 5.02. The van der Waals surface area contributed by atoms with Crippen molar-refractivity contribution in [2.75, 3.05) is 19.6 Å². The molecule has 0 spiro atoms. The maximum absolute atomic E-state index is 11.8. The summed E-state index contributed by atoms with van der Waals surface area (Å²) in [5, 5.41) is 3.06. The van der Waals surface area contributed by atoms with Crippen LogP contribution < -0.4 is 10.0 Å². The number of rotatable bonds is 6. The smallest absolute Gasteiger partial charge is 0.240 e. The van der Waals surface area contributed by atoms with E-state index in [1.807, 2.05) is 13.0 Å². The number of nitrogens with one attached hydrogen (secondary N) is 2. The molecular formula is C10H16ClIN2O2S. The number of benzene rings is 1. The Morgan fingerprint density at radius 1 is 1.29 bits per heavy atom. The summed E-state index contributed by atoms with van der Waals surface area (Å²) in [6.07, 6.45) is 0.